The lowest BCUT2D eigenvalue weighted by molar-refractivity contribution is -0.120. The van der Waals surface area contributed by atoms with Crippen LogP contribution in [-0.2, 0) is 33.5 Å². The van der Waals surface area contributed by atoms with Gasteiger partial charge in [-0.2, -0.15) is 0 Å². The summed E-state index contributed by atoms with van der Waals surface area (Å²) in [4.78, 5) is 23.8. The van der Waals surface area contributed by atoms with Crippen LogP contribution in [0.25, 0.3) is 0 Å². The van der Waals surface area contributed by atoms with Crippen LogP contribution in [0.2, 0.25) is 0 Å². The van der Waals surface area contributed by atoms with Crippen LogP contribution in [0.4, 0.5) is 13.6 Å². The summed E-state index contributed by atoms with van der Waals surface area (Å²) in [6, 6.07) is 8.19. The molecule has 3 rings (SSSR count). The summed E-state index contributed by atoms with van der Waals surface area (Å²) >= 11 is 0. The highest BCUT2D eigenvalue weighted by molar-refractivity contribution is 5.73. The van der Waals surface area contributed by atoms with E-state index in [1.165, 1.54) is 26.2 Å². The van der Waals surface area contributed by atoms with Crippen LogP contribution in [0.5, 0.6) is 0 Å². The van der Waals surface area contributed by atoms with E-state index in [0.717, 1.165) is 29.2 Å². The molecule has 2 aromatic rings. The van der Waals surface area contributed by atoms with Crippen LogP contribution >= 0.6 is 0 Å². The fourth-order valence-corrected chi connectivity index (χ4v) is 5.01. The number of hydrogen-bond acceptors (Lipinski definition) is 6. The van der Waals surface area contributed by atoms with E-state index in [1.54, 1.807) is 0 Å². The summed E-state index contributed by atoms with van der Waals surface area (Å²) in [5.41, 5.74) is 3.62. The molecule has 38 heavy (non-hydrogen) atoms. The number of nitrogens with one attached hydrogen (secondary N) is 2. The number of aryl methyl sites for hydroxylation is 1. The Bertz CT molecular complexity index is 1110. The van der Waals surface area contributed by atoms with Gasteiger partial charge in [0.25, 0.3) is 0 Å². The Balaban J connectivity index is 1.84. The van der Waals surface area contributed by atoms with Crippen molar-refractivity contribution in [1.82, 2.24) is 10.6 Å². The fourth-order valence-electron chi connectivity index (χ4n) is 5.01. The van der Waals surface area contributed by atoms with Crippen molar-refractivity contribution in [2.75, 3.05) is 13.7 Å². The number of amides is 1. The molecular weight excluding hydrogens is 494 g/mol. The summed E-state index contributed by atoms with van der Waals surface area (Å²) in [5.74, 6) is -1.85. The molecule has 4 unspecified atom stereocenters. The van der Waals surface area contributed by atoms with Crippen LogP contribution in [0.15, 0.2) is 36.4 Å². The van der Waals surface area contributed by atoms with E-state index in [4.69, 9.17) is 9.47 Å². The first-order chi connectivity index (χ1) is 17.8. The van der Waals surface area contributed by atoms with Gasteiger partial charge in [0.1, 0.15) is 17.7 Å². The lowest BCUT2D eigenvalue weighted by atomic mass is 9.81. The maximum absolute atomic E-state index is 13.7. The molecule has 0 saturated carbocycles. The summed E-state index contributed by atoms with van der Waals surface area (Å²) in [7, 11) is 1.25. The van der Waals surface area contributed by atoms with Crippen molar-refractivity contribution < 1.29 is 33.0 Å². The molecule has 1 aliphatic carbocycles. The number of methoxy groups -OCH3 is 1. The quantitative estimate of drug-likeness (QED) is 0.415. The molecule has 2 aromatic carbocycles. The molecule has 0 fully saturated rings. The van der Waals surface area contributed by atoms with Crippen molar-refractivity contribution in [3.05, 3.63) is 70.3 Å². The molecule has 4 atom stereocenters. The van der Waals surface area contributed by atoms with Gasteiger partial charge in [-0.1, -0.05) is 39.0 Å². The number of halogens is 2. The molecule has 0 bridgehead atoms. The molecule has 208 valence electrons. The van der Waals surface area contributed by atoms with Crippen molar-refractivity contribution in [1.29, 1.82) is 0 Å². The maximum atomic E-state index is 13.7. The molecule has 0 aromatic heterocycles. The van der Waals surface area contributed by atoms with Gasteiger partial charge in [-0.25, -0.2) is 13.6 Å². The zero-order valence-corrected chi connectivity index (χ0v) is 22.6. The molecule has 0 aliphatic heterocycles. The summed E-state index contributed by atoms with van der Waals surface area (Å²) in [5, 5.41) is 17.1. The smallest absolute Gasteiger partial charge is 0.438 e. The molecule has 1 aliphatic rings. The van der Waals surface area contributed by atoms with Crippen molar-refractivity contribution >= 4 is 12.1 Å². The molecular formula is C29H38F2N2O5. The third-order valence-corrected chi connectivity index (χ3v) is 6.54. The Morgan fingerprint density at radius 2 is 1.79 bits per heavy atom. The number of aliphatic hydroxyl groups excluding tert-OH is 1. The zero-order valence-electron chi connectivity index (χ0n) is 22.6. The number of ether oxygens (including phenoxy) is 2. The fraction of sp³-hybridized carbons (Fsp3) is 0.517. The average Bonchev–Trinajstić information content (AvgIpc) is 2.80. The van der Waals surface area contributed by atoms with Gasteiger partial charge in [0, 0.05) is 19.5 Å². The third-order valence-electron chi connectivity index (χ3n) is 6.54. The number of carbonyl (C=O) groups excluding carboxylic acids is 2. The Morgan fingerprint density at radius 1 is 1.11 bits per heavy atom. The highest BCUT2D eigenvalue weighted by atomic mass is 19.1. The van der Waals surface area contributed by atoms with Crippen LogP contribution in [0, 0.1) is 17.0 Å². The first-order valence-electron chi connectivity index (χ1n) is 12.8. The topological polar surface area (TPSA) is 96.9 Å². The monoisotopic (exact) mass is 532 g/mol. The minimum Gasteiger partial charge on any atom is -0.438 e. The standard InChI is InChI=1S/C29H38F2N2O5/c1-17(34)33-24(13-19-10-21(30)14-22(31)11-19)25(35)16-32-27-23-12-18(15-29(2,3)4)6-7-20(23)8-9-26(27)38-28(36)37-5/h6-7,10-12,14,24-27,32,35H,8-9,13,15-16H2,1-5H3,(H,33,34). The van der Waals surface area contributed by atoms with E-state index >= 15 is 0 Å². The SMILES string of the molecule is COC(=O)OC1CCc2ccc(CC(C)(C)C)cc2C1NCC(O)C(Cc1cc(F)cc(F)c1)NC(C)=O. The third kappa shape index (κ3) is 8.49. The second-order valence-corrected chi connectivity index (χ2v) is 11.2. The van der Waals surface area contributed by atoms with E-state index < -0.39 is 42.1 Å². The Labute approximate surface area is 222 Å². The number of fused-ring (bicyclic) bond motifs is 1. The van der Waals surface area contributed by atoms with Gasteiger partial charge in [0.2, 0.25) is 5.91 Å². The van der Waals surface area contributed by atoms with Gasteiger partial charge in [-0.15, -0.1) is 0 Å². The van der Waals surface area contributed by atoms with Gasteiger partial charge >= 0.3 is 6.16 Å². The summed E-state index contributed by atoms with van der Waals surface area (Å²) in [6.45, 7) is 7.82. The first-order valence-corrected chi connectivity index (χ1v) is 12.8. The average molecular weight is 533 g/mol. The number of hydrogen-bond donors (Lipinski definition) is 3. The number of aliphatic hydroxyl groups is 1. The molecule has 0 radical (unpaired) electrons. The van der Waals surface area contributed by atoms with Crippen molar-refractivity contribution in [2.45, 2.75) is 77.7 Å². The number of carbonyl (C=O) groups is 2. The van der Waals surface area contributed by atoms with Gasteiger partial charge in [-0.05, 0) is 65.5 Å². The summed E-state index contributed by atoms with van der Waals surface area (Å²) in [6.07, 6.45) is -0.278. The zero-order chi connectivity index (χ0) is 28.0. The molecule has 7 nitrogen and oxygen atoms in total. The molecule has 0 heterocycles. The van der Waals surface area contributed by atoms with Crippen LogP contribution in [0.1, 0.15) is 62.4 Å². The maximum Gasteiger partial charge on any atom is 0.508 e. The van der Waals surface area contributed by atoms with E-state index in [1.807, 2.05) is 0 Å². The van der Waals surface area contributed by atoms with E-state index in [2.05, 4.69) is 49.6 Å². The van der Waals surface area contributed by atoms with Crippen LogP contribution in [-0.4, -0.2) is 49.1 Å². The van der Waals surface area contributed by atoms with E-state index in [9.17, 15) is 23.5 Å². The summed E-state index contributed by atoms with van der Waals surface area (Å²) < 4.78 is 37.8. The minimum absolute atomic E-state index is 0.0240. The Morgan fingerprint density at radius 3 is 2.39 bits per heavy atom. The Hall–Kier alpha value is -3.04. The largest absolute Gasteiger partial charge is 0.508 e. The normalized spacial score (nSPS) is 18.7. The van der Waals surface area contributed by atoms with Gasteiger partial charge in [0.15, 0.2) is 0 Å². The van der Waals surface area contributed by atoms with Gasteiger partial charge in [0.05, 0.1) is 25.3 Å². The Kier molecular flexibility index (Phi) is 9.84. The van der Waals surface area contributed by atoms with Crippen LogP contribution < -0.4 is 10.6 Å². The predicted octanol–water partition coefficient (Wildman–Crippen LogP) is 4.39. The van der Waals surface area contributed by atoms with Gasteiger partial charge < -0.3 is 25.2 Å². The van der Waals surface area contributed by atoms with Crippen molar-refractivity contribution in [3.63, 3.8) is 0 Å². The molecule has 9 heteroatoms. The van der Waals surface area contributed by atoms with Crippen molar-refractivity contribution in [3.8, 4) is 0 Å². The predicted molar refractivity (Wildman–Crippen MR) is 140 cm³/mol. The molecule has 0 spiro atoms. The van der Waals surface area contributed by atoms with E-state index in [0.29, 0.717) is 18.4 Å². The van der Waals surface area contributed by atoms with E-state index in [-0.39, 0.29) is 24.3 Å². The molecule has 3 N–H and O–H groups in total. The molecule has 0 saturated heterocycles. The first kappa shape index (κ1) is 29.5. The number of benzene rings is 2. The highest BCUT2D eigenvalue weighted by Crippen LogP contribution is 2.34. The van der Waals surface area contributed by atoms with Gasteiger partial charge in [-0.3, -0.25) is 4.79 Å². The number of rotatable bonds is 9. The molecule has 1 amide bonds. The second kappa shape index (κ2) is 12.7. The van der Waals surface area contributed by atoms with Crippen molar-refractivity contribution in [2.24, 2.45) is 5.41 Å². The highest BCUT2D eigenvalue weighted by Gasteiger charge is 2.34. The lowest BCUT2D eigenvalue weighted by Crippen LogP contribution is -2.50. The van der Waals surface area contributed by atoms with Crippen LogP contribution in [0.3, 0.4) is 0 Å². The second-order valence-electron chi connectivity index (χ2n) is 11.2. The lowest BCUT2D eigenvalue weighted by Gasteiger charge is -2.35. The minimum atomic E-state index is -1.10.